The maximum atomic E-state index is 13.2. The molecule has 2 aromatic heterocycles. The molecule has 1 saturated heterocycles. The second-order valence-electron chi connectivity index (χ2n) is 9.11. The van der Waals surface area contributed by atoms with E-state index >= 15 is 0 Å². The summed E-state index contributed by atoms with van der Waals surface area (Å²) in [5.74, 6) is 1.92. The van der Waals surface area contributed by atoms with Crippen LogP contribution in [-0.4, -0.2) is 33.2 Å². The lowest BCUT2D eigenvalue weighted by Gasteiger charge is -2.22. The number of imidazole rings is 1. The molecule has 2 aliphatic rings. The number of hydrogen-bond donors (Lipinski definition) is 2. The van der Waals surface area contributed by atoms with Crippen LogP contribution in [0, 0.1) is 19.8 Å². The van der Waals surface area contributed by atoms with Gasteiger partial charge in [0.1, 0.15) is 11.6 Å². The van der Waals surface area contributed by atoms with Crippen molar-refractivity contribution in [1.29, 1.82) is 0 Å². The van der Waals surface area contributed by atoms with E-state index in [0.29, 0.717) is 0 Å². The Kier molecular flexibility index (Phi) is 5.57. The number of nitrogens with zero attached hydrogens (tertiary/aromatic N) is 2. The van der Waals surface area contributed by atoms with Gasteiger partial charge in [-0.05, 0) is 57.2 Å². The zero-order chi connectivity index (χ0) is 21.4. The SMILES string of the molecule is Cc1c(-c2nc3ccccc3[nH]2)c(NC(=O)C2CCCCC2)n(C[C@H]2CCCO2)c1C. The van der Waals surface area contributed by atoms with E-state index in [4.69, 9.17) is 9.72 Å². The zero-order valence-electron chi connectivity index (χ0n) is 18.5. The number of aromatic nitrogens is 3. The predicted molar refractivity (Wildman–Crippen MR) is 123 cm³/mol. The molecule has 1 aliphatic carbocycles. The third-order valence-electron chi connectivity index (χ3n) is 7.08. The monoisotopic (exact) mass is 420 g/mol. The van der Waals surface area contributed by atoms with Crippen molar-refractivity contribution < 1.29 is 9.53 Å². The number of carbonyl (C=O) groups is 1. The lowest BCUT2D eigenvalue weighted by Crippen LogP contribution is -2.27. The van der Waals surface area contributed by atoms with E-state index in [0.717, 1.165) is 91.2 Å². The number of hydrogen-bond acceptors (Lipinski definition) is 3. The van der Waals surface area contributed by atoms with Crippen LogP contribution < -0.4 is 5.32 Å². The molecule has 0 unspecified atom stereocenters. The van der Waals surface area contributed by atoms with E-state index in [1.165, 1.54) is 6.42 Å². The molecule has 0 spiro atoms. The largest absolute Gasteiger partial charge is 0.376 e. The molecule has 1 amide bonds. The van der Waals surface area contributed by atoms with Crippen molar-refractivity contribution in [3.05, 3.63) is 35.5 Å². The fraction of sp³-hybridized carbons (Fsp3) is 0.520. The number of H-pyrrole nitrogens is 1. The van der Waals surface area contributed by atoms with Gasteiger partial charge < -0.3 is 19.6 Å². The molecule has 1 aromatic carbocycles. The van der Waals surface area contributed by atoms with Crippen LogP contribution in [0.1, 0.15) is 56.2 Å². The summed E-state index contributed by atoms with van der Waals surface area (Å²) in [4.78, 5) is 21.6. The van der Waals surface area contributed by atoms with Gasteiger partial charge in [-0.1, -0.05) is 31.4 Å². The highest BCUT2D eigenvalue weighted by atomic mass is 16.5. The molecule has 164 valence electrons. The molecule has 1 aliphatic heterocycles. The first kappa shape index (κ1) is 20.3. The van der Waals surface area contributed by atoms with Gasteiger partial charge in [0.15, 0.2) is 0 Å². The quantitative estimate of drug-likeness (QED) is 0.585. The lowest BCUT2D eigenvalue weighted by atomic mass is 9.88. The van der Waals surface area contributed by atoms with E-state index in [1.54, 1.807) is 0 Å². The smallest absolute Gasteiger partial charge is 0.228 e. The first-order chi connectivity index (χ1) is 15.1. The predicted octanol–water partition coefficient (Wildman–Crippen LogP) is 5.35. The van der Waals surface area contributed by atoms with E-state index < -0.39 is 0 Å². The number of rotatable bonds is 5. The molecule has 1 atom stereocenters. The van der Waals surface area contributed by atoms with Gasteiger partial charge in [-0.3, -0.25) is 4.79 Å². The Morgan fingerprint density at radius 2 is 1.97 bits per heavy atom. The summed E-state index contributed by atoms with van der Waals surface area (Å²) < 4.78 is 8.18. The normalized spacial score (nSPS) is 19.9. The maximum Gasteiger partial charge on any atom is 0.228 e. The minimum absolute atomic E-state index is 0.101. The molecule has 5 rings (SSSR count). The van der Waals surface area contributed by atoms with Gasteiger partial charge in [0.05, 0.1) is 29.2 Å². The zero-order valence-corrected chi connectivity index (χ0v) is 18.5. The molecule has 3 heterocycles. The van der Waals surface area contributed by atoms with Crippen LogP contribution in [-0.2, 0) is 16.1 Å². The average Bonchev–Trinajstić information content (AvgIpc) is 3.50. The Labute approximate surface area is 183 Å². The highest BCUT2D eigenvalue weighted by Gasteiger charge is 2.28. The highest BCUT2D eigenvalue weighted by molar-refractivity contribution is 5.97. The minimum Gasteiger partial charge on any atom is -0.376 e. The molecular weight excluding hydrogens is 388 g/mol. The summed E-state index contributed by atoms with van der Waals surface area (Å²) in [5.41, 5.74) is 5.24. The first-order valence-corrected chi connectivity index (χ1v) is 11.7. The van der Waals surface area contributed by atoms with Gasteiger partial charge in [0.25, 0.3) is 0 Å². The number of ether oxygens (including phenoxy) is 1. The molecule has 1 saturated carbocycles. The molecule has 2 fully saturated rings. The third kappa shape index (κ3) is 3.89. The Morgan fingerprint density at radius 1 is 1.16 bits per heavy atom. The third-order valence-corrected chi connectivity index (χ3v) is 7.08. The summed E-state index contributed by atoms with van der Waals surface area (Å²) in [6.07, 6.45) is 7.84. The van der Waals surface area contributed by atoms with Crippen molar-refractivity contribution in [3.8, 4) is 11.4 Å². The molecule has 31 heavy (non-hydrogen) atoms. The maximum absolute atomic E-state index is 13.2. The molecule has 0 bridgehead atoms. The Morgan fingerprint density at radius 3 is 2.71 bits per heavy atom. The average molecular weight is 421 g/mol. The van der Waals surface area contributed by atoms with Crippen molar-refractivity contribution in [2.45, 2.75) is 71.4 Å². The van der Waals surface area contributed by atoms with Gasteiger partial charge in [-0.25, -0.2) is 4.98 Å². The van der Waals surface area contributed by atoms with Crippen LogP contribution in [0.2, 0.25) is 0 Å². The number of fused-ring (bicyclic) bond motifs is 1. The van der Waals surface area contributed by atoms with Crippen LogP contribution in [0.4, 0.5) is 5.82 Å². The van der Waals surface area contributed by atoms with Crippen molar-refractivity contribution in [2.75, 3.05) is 11.9 Å². The first-order valence-electron chi connectivity index (χ1n) is 11.7. The van der Waals surface area contributed by atoms with E-state index in [9.17, 15) is 4.79 Å². The molecular formula is C25H32N4O2. The van der Waals surface area contributed by atoms with Crippen LogP contribution >= 0.6 is 0 Å². The summed E-state index contributed by atoms with van der Waals surface area (Å²) in [6.45, 7) is 5.84. The number of carbonyl (C=O) groups excluding carboxylic acids is 1. The standard InChI is InChI=1S/C25H32N4O2/c1-16-17(2)29(15-19-11-8-14-31-19)24(28-25(30)18-9-4-3-5-10-18)22(16)23-26-20-12-6-7-13-21(20)27-23/h6-7,12-13,18-19H,3-5,8-11,14-15H2,1-2H3,(H,26,27)(H,28,30)/t19-/m1/s1. The number of amides is 1. The van der Waals surface area contributed by atoms with Crippen LogP contribution in [0.25, 0.3) is 22.4 Å². The Hall–Kier alpha value is -2.60. The Balaban J connectivity index is 1.57. The second kappa shape index (κ2) is 8.50. The second-order valence-corrected chi connectivity index (χ2v) is 9.11. The van der Waals surface area contributed by atoms with Gasteiger partial charge in [-0.15, -0.1) is 0 Å². The number of nitrogens with one attached hydrogen (secondary N) is 2. The van der Waals surface area contributed by atoms with Crippen molar-refractivity contribution in [3.63, 3.8) is 0 Å². The summed E-state index contributed by atoms with van der Waals surface area (Å²) in [7, 11) is 0. The number of anilines is 1. The number of aromatic amines is 1. The topological polar surface area (TPSA) is 71.9 Å². The number of para-hydroxylation sites is 2. The lowest BCUT2D eigenvalue weighted by molar-refractivity contribution is -0.120. The molecule has 6 heteroatoms. The van der Waals surface area contributed by atoms with Crippen molar-refractivity contribution in [1.82, 2.24) is 14.5 Å². The summed E-state index contributed by atoms with van der Waals surface area (Å²) >= 11 is 0. The summed E-state index contributed by atoms with van der Waals surface area (Å²) in [5, 5.41) is 3.34. The fourth-order valence-corrected chi connectivity index (χ4v) is 5.16. The van der Waals surface area contributed by atoms with E-state index in [2.05, 4.69) is 28.7 Å². The highest BCUT2D eigenvalue weighted by Crippen LogP contribution is 2.37. The summed E-state index contributed by atoms with van der Waals surface area (Å²) in [6, 6.07) is 8.06. The van der Waals surface area contributed by atoms with E-state index in [-0.39, 0.29) is 17.9 Å². The van der Waals surface area contributed by atoms with Gasteiger partial charge in [0.2, 0.25) is 5.91 Å². The van der Waals surface area contributed by atoms with Crippen LogP contribution in [0.5, 0.6) is 0 Å². The van der Waals surface area contributed by atoms with Crippen molar-refractivity contribution in [2.24, 2.45) is 5.92 Å². The van der Waals surface area contributed by atoms with Crippen LogP contribution in [0.3, 0.4) is 0 Å². The van der Waals surface area contributed by atoms with Gasteiger partial charge >= 0.3 is 0 Å². The van der Waals surface area contributed by atoms with Crippen LogP contribution in [0.15, 0.2) is 24.3 Å². The minimum atomic E-state index is 0.101. The Bertz CT molecular complexity index is 1050. The molecule has 6 nitrogen and oxygen atoms in total. The van der Waals surface area contributed by atoms with Crippen molar-refractivity contribution >= 4 is 22.8 Å². The van der Waals surface area contributed by atoms with Gasteiger partial charge in [0, 0.05) is 18.2 Å². The van der Waals surface area contributed by atoms with Gasteiger partial charge in [-0.2, -0.15) is 0 Å². The molecule has 0 radical (unpaired) electrons. The fourth-order valence-electron chi connectivity index (χ4n) is 5.16. The number of benzene rings is 1. The molecule has 2 N–H and O–H groups in total. The van der Waals surface area contributed by atoms with E-state index in [1.807, 2.05) is 24.3 Å². The molecule has 3 aromatic rings.